The monoisotopic (exact) mass is 263 g/mol. The number of aryl methyl sites for hydroxylation is 1. The number of benzene rings is 1. The van der Waals surface area contributed by atoms with Gasteiger partial charge in [-0.15, -0.1) is 11.8 Å². The second-order valence-corrected chi connectivity index (χ2v) is 6.41. The zero-order valence-corrected chi connectivity index (χ0v) is 12.5. The minimum absolute atomic E-state index is 0.961. The van der Waals surface area contributed by atoms with E-state index in [9.17, 15) is 0 Å². The third kappa shape index (κ3) is 4.03. The van der Waals surface area contributed by atoms with E-state index in [-0.39, 0.29) is 0 Å². The van der Waals surface area contributed by atoms with Crippen molar-refractivity contribution >= 4 is 11.8 Å². The Hall–Kier alpha value is -0.470. The van der Waals surface area contributed by atoms with Crippen molar-refractivity contribution in [1.29, 1.82) is 0 Å². The maximum absolute atomic E-state index is 3.45. The van der Waals surface area contributed by atoms with Gasteiger partial charge in [0.05, 0.1) is 0 Å². The summed E-state index contributed by atoms with van der Waals surface area (Å²) < 4.78 is 0. The van der Waals surface area contributed by atoms with Crippen molar-refractivity contribution < 1.29 is 0 Å². The first-order valence-electron chi connectivity index (χ1n) is 7.22. The normalized spacial score (nSPS) is 16.3. The molecule has 0 unspecified atom stereocenters. The number of thioether (sulfide) groups is 1. The van der Waals surface area contributed by atoms with Crippen LogP contribution in [0.5, 0.6) is 0 Å². The summed E-state index contributed by atoms with van der Waals surface area (Å²) in [5.41, 5.74) is 2.84. The highest BCUT2D eigenvalue weighted by Gasteiger charge is 2.15. The highest BCUT2D eigenvalue weighted by atomic mass is 32.2. The Balaban J connectivity index is 1.96. The summed E-state index contributed by atoms with van der Waals surface area (Å²) in [6.07, 6.45) is 5.79. The number of hydrogen-bond donors (Lipinski definition) is 1. The minimum atomic E-state index is 0.961. The van der Waals surface area contributed by atoms with Crippen LogP contribution in [0.15, 0.2) is 23.1 Å². The van der Waals surface area contributed by atoms with Gasteiger partial charge in [-0.2, -0.15) is 0 Å². The van der Waals surface area contributed by atoms with Crippen molar-refractivity contribution in [1.82, 2.24) is 5.32 Å². The van der Waals surface area contributed by atoms with Crippen LogP contribution in [0.4, 0.5) is 0 Å². The highest BCUT2D eigenvalue weighted by molar-refractivity contribution is 7.99. The van der Waals surface area contributed by atoms with Gasteiger partial charge >= 0.3 is 0 Å². The van der Waals surface area contributed by atoms with E-state index < -0.39 is 0 Å². The highest BCUT2D eigenvalue weighted by Crippen LogP contribution is 2.32. The van der Waals surface area contributed by atoms with Crippen molar-refractivity contribution in [2.24, 2.45) is 5.92 Å². The lowest BCUT2D eigenvalue weighted by atomic mass is 10.1. The lowest BCUT2D eigenvalue weighted by molar-refractivity contribution is 0.623. The number of hydrogen-bond acceptors (Lipinski definition) is 2. The third-order valence-electron chi connectivity index (χ3n) is 3.73. The van der Waals surface area contributed by atoms with E-state index in [1.807, 2.05) is 0 Å². The van der Waals surface area contributed by atoms with Crippen LogP contribution >= 0.6 is 11.8 Å². The van der Waals surface area contributed by atoms with E-state index >= 15 is 0 Å². The van der Waals surface area contributed by atoms with Gasteiger partial charge in [0.25, 0.3) is 0 Å². The molecule has 2 rings (SSSR count). The van der Waals surface area contributed by atoms with Gasteiger partial charge in [0.1, 0.15) is 0 Å². The Labute approximate surface area is 116 Å². The molecule has 0 heterocycles. The second-order valence-electron chi connectivity index (χ2n) is 5.35. The van der Waals surface area contributed by atoms with Gasteiger partial charge in [0.15, 0.2) is 0 Å². The quantitative estimate of drug-likeness (QED) is 0.764. The maximum atomic E-state index is 3.45. The molecular weight excluding hydrogens is 238 g/mol. The molecule has 1 aliphatic carbocycles. The van der Waals surface area contributed by atoms with Gasteiger partial charge in [-0.25, -0.2) is 0 Å². The molecule has 1 aromatic rings. The number of nitrogens with one attached hydrogen (secondary N) is 1. The summed E-state index contributed by atoms with van der Waals surface area (Å²) in [5, 5.41) is 3.45. The van der Waals surface area contributed by atoms with E-state index in [2.05, 4.69) is 49.1 Å². The predicted molar refractivity (Wildman–Crippen MR) is 81.2 cm³/mol. The standard InChI is InChI=1S/C16H25NS/c1-3-17-11-15-10-13(2)8-9-16(15)18-12-14-6-4-5-7-14/h8-10,14,17H,3-7,11-12H2,1-2H3. The molecule has 0 atom stereocenters. The van der Waals surface area contributed by atoms with Crippen LogP contribution in [-0.2, 0) is 6.54 Å². The first kappa shape index (κ1) is 14.0. The van der Waals surface area contributed by atoms with Crippen LogP contribution in [0.2, 0.25) is 0 Å². The van der Waals surface area contributed by atoms with E-state index in [1.165, 1.54) is 47.5 Å². The molecule has 100 valence electrons. The molecule has 1 saturated carbocycles. The largest absolute Gasteiger partial charge is 0.313 e. The van der Waals surface area contributed by atoms with Gasteiger partial charge in [0.2, 0.25) is 0 Å². The molecule has 0 aliphatic heterocycles. The predicted octanol–water partition coefficient (Wildman–Crippen LogP) is 4.39. The van der Waals surface area contributed by atoms with Crippen LogP contribution in [0.1, 0.15) is 43.7 Å². The smallest absolute Gasteiger partial charge is 0.0216 e. The molecule has 1 fully saturated rings. The molecule has 2 heteroatoms. The molecule has 0 bridgehead atoms. The molecule has 0 saturated heterocycles. The van der Waals surface area contributed by atoms with Crippen LogP contribution < -0.4 is 5.32 Å². The summed E-state index contributed by atoms with van der Waals surface area (Å²) in [5.74, 6) is 2.27. The molecule has 18 heavy (non-hydrogen) atoms. The summed E-state index contributed by atoms with van der Waals surface area (Å²) in [7, 11) is 0. The first-order chi connectivity index (χ1) is 8.79. The molecule has 1 aliphatic rings. The van der Waals surface area contributed by atoms with Crippen LogP contribution in [-0.4, -0.2) is 12.3 Å². The summed E-state index contributed by atoms with van der Waals surface area (Å²) >= 11 is 2.06. The fourth-order valence-corrected chi connectivity index (χ4v) is 3.86. The Kier molecular flexibility index (Phi) is 5.58. The van der Waals surface area contributed by atoms with Gasteiger partial charge in [-0.3, -0.25) is 0 Å². The molecule has 1 N–H and O–H groups in total. The Morgan fingerprint density at radius 1 is 1.28 bits per heavy atom. The van der Waals surface area contributed by atoms with Gasteiger partial charge in [0, 0.05) is 17.2 Å². The molecule has 0 aromatic heterocycles. The van der Waals surface area contributed by atoms with E-state index in [0.717, 1.165) is 19.0 Å². The van der Waals surface area contributed by atoms with Crippen molar-refractivity contribution in [2.45, 2.75) is 51.0 Å². The summed E-state index contributed by atoms with van der Waals surface area (Å²) in [6.45, 7) is 6.40. The van der Waals surface area contributed by atoms with Gasteiger partial charge in [-0.1, -0.05) is 37.5 Å². The Morgan fingerprint density at radius 2 is 2.06 bits per heavy atom. The minimum Gasteiger partial charge on any atom is -0.313 e. The second kappa shape index (κ2) is 7.20. The molecule has 0 radical (unpaired) electrons. The van der Waals surface area contributed by atoms with Gasteiger partial charge in [-0.05, 0) is 43.9 Å². The fourth-order valence-electron chi connectivity index (χ4n) is 2.63. The summed E-state index contributed by atoms with van der Waals surface area (Å²) in [6, 6.07) is 6.88. The Morgan fingerprint density at radius 3 is 2.78 bits per heavy atom. The van der Waals surface area contributed by atoms with E-state index in [4.69, 9.17) is 0 Å². The first-order valence-corrected chi connectivity index (χ1v) is 8.21. The van der Waals surface area contributed by atoms with Crippen LogP contribution in [0.25, 0.3) is 0 Å². The van der Waals surface area contributed by atoms with Crippen molar-refractivity contribution in [3.63, 3.8) is 0 Å². The SMILES string of the molecule is CCNCc1cc(C)ccc1SCC1CCCC1. The lowest BCUT2D eigenvalue weighted by Crippen LogP contribution is -2.12. The number of rotatable bonds is 6. The topological polar surface area (TPSA) is 12.0 Å². The third-order valence-corrected chi connectivity index (χ3v) is 5.08. The lowest BCUT2D eigenvalue weighted by Gasteiger charge is -2.13. The van der Waals surface area contributed by atoms with Crippen molar-refractivity contribution in [2.75, 3.05) is 12.3 Å². The van der Waals surface area contributed by atoms with Crippen LogP contribution in [0.3, 0.4) is 0 Å². The molecular formula is C16H25NS. The zero-order valence-electron chi connectivity index (χ0n) is 11.7. The van der Waals surface area contributed by atoms with Crippen LogP contribution in [0, 0.1) is 12.8 Å². The summed E-state index contributed by atoms with van der Waals surface area (Å²) in [4.78, 5) is 1.48. The van der Waals surface area contributed by atoms with Crippen molar-refractivity contribution in [3.05, 3.63) is 29.3 Å². The molecule has 1 nitrogen and oxygen atoms in total. The maximum Gasteiger partial charge on any atom is 0.0216 e. The zero-order chi connectivity index (χ0) is 12.8. The average molecular weight is 263 g/mol. The van der Waals surface area contributed by atoms with E-state index in [1.54, 1.807) is 0 Å². The van der Waals surface area contributed by atoms with E-state index in [0.29, 0.717) is 0 Å². The molecule has 0 spiro atoms. The fraction of sp³-hybridized carbons (Fsp3) is 0.625. The average Bonchev–Trinajstić information content (AvgIpc) is 2.88. The van der Waals surface area contributed by atoms with Gasteiger partial charge < -0.3 is 5.32 Å². The molecule has 1 aromatic carbocycles. The Bertz CT molecular complexity index is 369. The molecule has 0 amide bonds. The van der Waals surface area contributed by atoms with Crippen molar-refractivity contribution in [3.8, 4) is 0 Å².